The summed E-state index contributed by atoms with van der Waals surface area (Å²) in [6.45, 7) is 10.7. The third-order valence-electron chi connectivity index (χ3n) is 8.27. The molecule has 3 aromatic rings. The van der Waals surface area contributed by atoms with E-state index < -0.39 is 0 Å². The van der Waals surface area contributed by atoms with E-state index in [0.29, 0.717) is 29.8 Å². The predicted octanol–water partition coefficient (Wildman–Crippen LogP) is 6.96. The van der Waals surface area contributed by atoms with E-state index in [2.05, 4.69) is 136 Å². The molecular weight excluding hydrogens is 412 g/mol. The number of hydrogen-bond acceptors (Lipinski definition) is 2. The van der Waals surface area contributed by atoms with E-state index in [1.54, 1.807) is 0 Å². The Morgan fingerprint density at radius 2 is 1.26 bits per heavy atom. The number of hydrogen-bond donors (Lipinski definition) is 1. The number of nitrogens with one attached hydrogen (secondary N) is 1. The lowest BCUT2D eigenvalue weighted by Crippen LogP contribution is -2.66. The molecule has 1 aliphatic heterocycles. The Kier molecular flexibility index (Phi) is 7.91. The second-order valence-electron chi connectivity index (χ2n) is 10.4. The van der Waals surface area contributed by atoms with E-state index in [-0.39, 0.29) is 5.54 Å². The molecule has 1 fully saturated rings. The fraction of sp³-hybridized carbons (Fsp3) is 0.438. The third-order valence-corrected chi connectivity index (χ3v) is 8.27. The lowest BCUT2D eigenvalue weighted by atomic mass is 9.68. The van der Waals surface area contributed by atoms with Gasteiger partial charge in [-0.05, 0) is 47.9 Å². The summed E-state index contributed by atoms with van der Waals surface area (Å²) in [6.07, 6.45) is 2.36. The highest BCUT2D eigenvalue weighted by atomic mass is 15.3. The fourth-order valence-corrected chi connectivity index (χ4v) is 6.69. The zero-order chi connectivity index (χ0) is 24.1. The SMILES string of the molecule is CCC(C(C)C)C1C(NC)C(C)CCN1C(c1ccccc1)(c1ccccc1)c1ccccc1. The Morgan fingerprint density at radius 1 is 0.824 bits per heavy atom. The molecule has 180 valence electrons. The minimum absolute atomic E-state index is 0.355. The highest BCUT2D eigenvalue weighted by Crippen LogP contribution is 2.48. The van der Waals surface area contributed by atoms with Crippen molar-refractivity contribution in [1.29, 1.82) is 0 Å². The first-order valence-corrected chi connectivity index (χ1v) is 13.2. The molecule has 4 unspecified atom stereocenters. The molecule has 2 heteroatoms. The topological polar surface area (TPSA) is 15.3 Å². The Morgan fingerprint density at radius 3 is 1.62 bits per heavy atom. The molecule has 0 spiro atoms. The third kappa shape index (κ3) is 4.34. The number of nitrogens with zero attached hydrogens (tertiary/aromatic N) is 1. The maximum Gasteiger partial charge on any atom is 0.0975 e. The molecule has 0 radical (unpaired) electrons. The van der Waals surface area contributed by atoms with Crippen molar-refractivity contribution in [1.82, 2.24) is 10.2 Å². The molecule has 1 aliphatic rings. The van der Waals surface area contributed by atoms with Gasteiger partial charge in [0.25, 0.3) is 0 Å². The summed E-state index contributed by atoms with van der Waals surface area (Å²) in [6, 6.07) is 34.5. The van der Waals surface area contributed by atoms with Gasteiger partial charge in [0.2, 0.25) is 0 Å². The van der Waals surface area contributed by atoms with Gasteiger partial charge in [-0.1, -0.05) is 125 Å². The van der Waals surface area contributed by atoms with Crippen LogP contribution in [0.1, 0.15) is 57.2 Å². The van der Waals surface area contributed by atoms with Crippen molar-refractivity contribution in [2.24, 2.45) is 17.8 Å². The zero-order valence-corrected chi connectivity index (χ0v) is 21.6. The zero-order valence-electron chi connectivity index (χ0n) is 21.6. The van der Waals surface area contributed by atoms with Crippen LogP contribution in [0.15, 0.2) is 91.0 Å². The standard InChI is InChI=1S/C32H42N2/c1-6-29(24(2)3)31-30(33-5)25(4)22-23-34(31)32(26-16-10-7-11-17-26,27-18-12-8-13-19-27)28-20-14-9-15-21-28/h7-21,24-25,29-31,33H,6,22-23H2,1-5H3. The van der Waals surface area contributed by atoms with Crippen LogP contribution in [-0.4, -0.2) is 30.6 Å². The number of benzene rings is 3. The summed E-state index contributed by atoms with van der Waals surface area (Å²) in [5.41, 5.74) is 3.69. The molecule has 1 N–H and O–H groups in total. The summed E-state index contributed by atoms with van der Waals surface area (Å²) < 4.78 is 0. The molecule has 0 amide bonds. The largest absolute Gasteiger partial charge is 0.315 e. The molecule has 4 rings (SSSR count). The fourth-order valence-electron chi connectivity index (χ4n) is 6.69. The van der Waals surface area contributed by atoms with Gasteiger partial charge in [0.15, 0.2) is 0 Å². The molecule has 1 heterocycles. The van der Waals surface area contributed by atoms with Crippen LogP contribution in [0.2, 0.25) is 0 Å². The molecular formula is C32H42N2. The molecule has 3 aromatic carbocycles. The second kappa shape index (κ2) is 10.9. The highest BCUT2D eigenvalue weighted by molar-refractivity contribution is 5.50. The van der Waals surface area contributed by atoms with Crippen LogP contribution < -0.4 is 5.32 Å². The van der Waals surface area contributed by atoms with Crippen molar-refractivity contribution in [3.63, 3.8) is 0 Å². The molecule has 0 bridgehead atoms. The Bertz CT molecular complexity index is 896. The first-order valence-electron chi connectivity index (χ1n) is 13.2. The average Bonchev–Trinajstić information content (AvgIpc) is 2.88. The van der Waals surface area contributed by atoms with Crippen LogP contribution in [0.4, 0.5) is 0 Å². The average molecular weight is 455 g/mol. The van der Waals surface area contributed by atoms with Crippen LogP contribution in [0.25, 0.3) is 0 Å². The summed E-state index contributed by atoms with van der Waals surface area (Å²) in [5.74, 6) is 1.84. The van der Waals surface area contributed by atoms with Gasteiger partial charge in [0.1, 0.15) is 0 Å². The van der Waals surface area contributed by atoms with Crippen molar-refractivity contribution in [3.8, 4) is 0 Å². The van der Waals surface area contributed by atoms with Crippen LogP contribution in [0.5, 0.6) is 0 Å². The minimum atomic E-state index is -0.355. The minimum Gasteiger partial charge on any atom is -0.315 e. The monoisotopic (exact) mass is 454 g/mol. The van der Waals surface area contributed by atoms with Gasteiger partial charge >= 0.3 is 0 Å². The molecule has 0 saturated carbocycles. The summed E-state index contributed by atoms with van der Waals surface area (Å²) in [7, 11) is 2.17. The van der Waals surface area contributed by atoms with Crippen LogP contribution in [0, 0.1) is 17.8 Å². The van der Waals surface area contributed by atoms with Gasteiger partial charge in [-0.2, -0.15) is 0 Å². The Hall–Kier alpha value is -2.42. The van der Waals surface area contributed by atoms with Gasteiger partial charge in [0, 0.05) is 18.6 Å². The van der Waals surface area contributed by atoms with Gasteiger partial charge in [-0.3, -0.25) is 4.90 Å². The molecule has 34 heavy (non-hydrogen) atoms. The maximum absolute atomic E-state index is 3.79. The Labute approximate surface area is 207 Å². The van der Waals surface area contributed by atoms with Crippen molar-refractivity contribution in [2.75, 3.05) is 13.6 Å². The van der Waals surface area contributed by atoms with Crippen molar-refractivity contribution in [2.45, 2.75) is 58.2 Å². The Balaban J connectivity index is 2.06. The molecule has 0 aromatic heterocycles. The smallest absolute Gasteiger partial charge is 0.0975 e. The van der Waals surface area contributed by atoms with E-state index >= 15 is 0 Å². The van der Waals surface area contributed by atoms with Crippen molar-refractivity contribution in [3.05, 3.63) is 108 Å². The van der Waals surface area contributed by atoms with E-state index in [4.69, 9.17) is 0 Å². The molecule has 1 saturated heterocycles. The quantitative estimate of drug-likeness (QED) is 0.370. The number of piperidine rings is 1. The van der Waals surface area contributed by atoms with E-state index in [0.717, 1.165) is 6.54 Å². The normalized spacial score (nSPS) is 22.6. The van der Waals surface area contributed by atoms with Crippen molar-refractivity contribution >= 4 is 0 Å². The summed E-state index contributed by atoms with van der Waals surface area (Å²) >= 11 is 0. The first kappa shape index (κ1) is 24.7. The van der Waals surface area contributed by atoms with E-state index in [9.17, 15) is 0 Å². The summed E-state index contributed by atoms with van der Waals surface area (Å²) in [5, 5.41) is 3.79. The molecule has 0 aliphatic carbocycles. The van der Waals surface area contributed by atoms with E-state index in [1.165, 1.54) is 29.5 Å². The van der Waals surface area contributed by atoms with Gasteiger partial charge in [-0.15, -0.1) is 0 Å². The van der Waals surface area contributed by atoms with Crippen LogP contribution >= 0.6 is 0 Å². The highest BCUT2D eigenvalue weighted by Gasteiger charge is 2.51. The van der Waals surface area contributed by atoms with Gasteiger partial charge < -0.3 is 5.32 Å². The molecule has 4 atom stereocenters. The lowest BCUT2D eigenvalue weighted by molar-refractivity contribution is -0.0229. The second-order valence-corrected chi connectivity index (χ2v) is 10.4. The van der Waals surface area contributed by atoms with Crippen LogP contribution in [0.3, 0.4) is 0 Å². The van der Waals surface area contributed by atoms with Crippen molar-refractivity contribution < 1.29 is 0 Å². The van der Waals surface area contributed by atoms with Crippen LogP contribution in [-0.2, 0) is 5.54 Å². The molecule has 2 nitrogen and oxygen atoms in total. The lowest BCUT2D eigenvalue weighted by Gasteiger charge is -2.57. The number of likely N-dealkylation sites (N-methyl/N-ethyl adjacent to an activating group) is 1. The number of likely N-dealkylation sites (tertiary alicyclic amines) is 1. The number of rotatable bonds is 8. The van der Waals surface area contributed by atoms with Gasteiger partial charge in [0.05, 0.1) is 5.54 Å². The van der Waals surface area contributed by atoms with E-state index in [1.807, 2.05) is 0 Å². The maximum atomic E-state index is 3.79. The first-order chi connectivity index (χ1) is 16.6. The summed E-state index contributed by atoms with van der Waals surface area (Å²) in [4.78, 5) is 2.88. The predicted molar refractivity (Wildman–Crippen MR) is 145 cm³/mol. The van der Waals surface area contributed by atoms with Gasteiger partial charge in [-0.25, -0.2) is 0 Å².